The predicted molar refractivity (Wildman–Crippen MR) is 115 cm³/mol. The number of nitrogens with one attached hydrogen (secondary N) is 1. The Labute approximate surface area is 195 Å². The first kappa shape index (κ1) is 23.8. The van der Waals surface area contributed by atoms with E-state index in [2.05, 4.69) is 17.0 Å². The van der Waals surface area contributed by atoms with Crippen molar-refractivity contribution in [1.29, 1.82) is 0 Å². The standard InChI is InChI=1S/C19H13Cl2F3N4O3S/c1-3-6-28-16(30)11(15(29)25-18(28)32)8-10-14(19(22,23)24)26-27(2)17(10)31-13-5-4-9(20)7-12(13)21/h3-5,7-8H,1,6H2,2H3,(H,25,29,32)/b11-8+. The van der Waals surface area contributed by atoms with Gasteiger partial charge in [0.2, 0.25) is 5.88 Å². The normalized spacial score (nSPS) is 15.9. The topological polar surface area (TPSA) is 76.5 Å². The summed E-state index contributed by atoms with van der Waals surface area (Å²) < 4.78 is 47.5. The Kier molecular flexibility index (Phi) is 6.63. The molecule has 1 aliphatic heterocycles. The van der Waals surface area contributed by atoms with Crippen molar-refractivity contribution in [3.63, 3.8) is 0 Å². The van der Waals surface area contributed by atoms with Gasteiger partial charge in [-0.15, -0.1) is 6.58 Å². The second-order valence-electron chi connectivity index (χ2n) is 6.39. The number of aromatic nitrogens is 2. The van der Waals surface area contributed by atoms with E-state index in [0.29, 0.717) is 0 Å². The Morgan fingerprint density at radius 1 is 1.31 bits per heavy atom. The van der Waals surface area contributed by atoms with Crippen LogP contribution in [0.25, 0.3) is 6.08 Å². The van der Waals surface area contributed by atoms with Gasteiger partial charge in [-0.1, -0.05) is 29.3 Å². The molecule has 1 aromatic heterocycles. The van der Waals surface area contributed by atoms with Gasteiger partial charge in [-0.2, -0.15) is 18.3 Å². The second-order valence-corrected chi connectivity index (χ2v) is 7.62. The van der Waals surface area contributed by atoms with Crippen molar-refractivity contribution in [3.8, 4) is 11.6 Å². The molecule has 0 aliphatic carbocycles. The molecule has 0 atom stereocenters. The third kappa shape index (κ3) is 4.64. The summed E-state index contributed by atoms with van der Waals surface area (Å²) in [6, 6.07) is 4.11. The molecule has 0 unspecified atom stereocenters. The highest BCUT2D eigenvalue weighted by Crippen LogP contribution is 2.40. The summed E-state index contributed by atoms with van der Waals surface area (Å²) in [5, 5.41) is 5.85. The number of amides is 2. The minimum absolute atomic E-state index is 0.0127. The number of benzene rings is 1. The van der Waals surface area contributed by atoms with E-state index < -0.39 is 40.7 Å². The maximum Gasteiger partial charge on any atom is 0.435 e. The van der Waals surface area contributed by atoms with Crippen LogP contribution in [0.1, 0.15) is 11.3 Å². The summed E-state index contributed by atoms with van der Waals surface area (Å²) in [7, 11) is 1.21. The van der Waals surface area contributed by atoms with Crippen molar-refractivity contribution < 1.29 is 27.5 Å². The Morgan fingerprint density at radius 3 is 2.59 bits per heavy atom. The lowest BCUT2D eigenvalue weighted by Crippen LogP contribution is -2.53. The molecule has 13 heteroatoms. The third-order valence-corrected chi connectivity index (χ3v) is 5.04. The van der Waals surface area contributed by atoms with E-state index in [1.165, 1.54) is 31.3 Å². The minimum Gasteiger partial charge on any atom is -0.437 e. The number of hydrogen-bond acceptors (Lipinski definition) is 5. The lowest BCUT2D eigenvalue weighted by Gasteiger charge is -2.27. The summed E-state index contributed by atoms with van der Waals surface area (Å²) >= 11 is 16.8. The zero-order chi connectivity index (χ0) is 23.8. The third-order valence-electron chi connectivity index (χ3n) is 4.18. The number of halogens is 5. The van der Waals surface area contributed by atoms with Gasteiger partial charge in [-0.25, -0.2) is 4.68 Å². The van der Waals surface area contributed by atoms with Crippen LogP contribution in [-0.4, -0.2) is 38.2 Å². The lowest BCUT2D eigenvalue weighted by molar-refractivity contribution is -0.141. The van der Waals surface area contributed by atoms with E-state index in [1.807, 2.05) is 0 Å². The molecule has 2 heterocycles. The molecule has 7 nitrogen and oxygen atoms in total. The predicted octanol–water partition coefficient (Wildman–Crippen LogP) is 4.35. The van der Waals surface area contributed by atoms with Crippen LogP contribution in [-0.2, 0) is 22.8 Å². The van der Waals surface area contributed by atoms with Crippen LogP contribution < -0.4 is 10.1 Å². The smallest absolute Gasteiger partial charge is 0.435 e. The van der Waals surface area contributed by atoms with Gasteiger partial charge in [0.15, 0.2) is 10.8 Å². The van der Waals surface area contributed by atoms with Crippen molar-refractivity contribution in [3.05, 3.63) is 57.7 Å². The summed E-state index contributed by atoms with van der Waals surface area (Å²) in [4.78, 5) is 26.1. The molecule has 1 fully saturated rings. The summed E-state index contributed by atoms with van der Waals surface area (Å²) in [5.74, 6) is -2.28. The number of rotatable bonds is 5. The van der Waals surface area contributed by atoms with Crippen LogP contribution in [0.5, 0.6) is 11.6 Å². The highest BCUT2D eigenvalue weighted by atomic mass is 35.5. The molecule has 32 heavy (non-hydrogen) atoms. The number of nitrogens with zero attached hydrogens (tertiary/aromatic N) is 3. The Bertz CT molecular complexity index is 1180. The molecular formula is C19H13Cl2F3N4O3S. The van der Waals surface area contributed by atoms with Crippen LogP contribution in [0.15, 0.2) is 36.4 Å². The molecule has 2 aromatic rings. The monoisotopic (exact) mass is 504 g/mol. The van der Waals surface area contributed by atoms with Gasteiger partial charge in [-0.05, 0) is 36.5 Å². The zero-order valence-electron chi connectivity index (χ0n) is 16.2. The summed E-state index contributed by atoms with van der Waals surface area (Å²) in [5.41, 5.74) is -2.60. The summed E-state index contributed by atoms with van der Waals surface area (Å²) in [6.07, 6.45) is -2.81. The first-order valence-electron chi connectivity index (χ1n) is 8.71. The number of thiocarbonyl (C=S) groups is 1. The number of aryl methyl sites for hydroxylation is 1. The Morgan fingerprint density at radius 2 is 2.00 bits per heavy atom. The highest BCUT2D eigenvalue weighted by Gasteiger charge is 2.41. The Hall–Kier alpha value is -2.89. The summed E-state index contributed by atoms with van der Waals surface area (Å²) in [6.45, 7) is 3.43. The molecule has 168 valence electrons. The van der Waals surface area contributed by atoms with Gasteiger partial charge in [-0.3, -0.25) is 19.8 Å². The molecule has 2 amide bonds. The minimum atomic E-state index is -4.92. The fourth-order valence-corrected chi connectivity index (χ4v) is 3.48. The van der Waals surface area contributed by atoms with Crippen LogP contribution in [0, 0.1) is 0 Å². The second kappa shape index (κ2) is 8.93. The fraction of sp³-hybridized carbons (Fsp3) is 0.158. The highest BCUT2D eigenvalue weighted by molar-refractivity contribution is 7.80. The van der Waals surface area contributed by atoms with Gasteiger partial charge in [0.05, 0.1) is 10.6 Å². The van der Waals surface area contributed by atoms with Crippen molar-refractivity contribution in [2.75, 3.05) is 6.54 Å². The average molecular weight is 505 g/mol. The molecule has 3 rings (SSSR count). The van der Waals surface area contributed by atoms with Crippen molar-refractivity contribution in [1.82, 2.24) is 20.0 Å². The van der Waals surface area contributed by atoms with E-state index in [4.69, 9.17) is 40.2 Å². The largest absolute Gasteiger partial charge is 0.437 e. The van der Waals surface area contributed by atoms with Crippen molar-refractivity contribution in [2.45, 2.75) is 6.18 Å². The van der Waals surface area contributed by atoms with Crippen molar-refractivity contribution >= 4 is 58.4 Å². The van der Waals surface area contributed by atoms with E-state index in [9.17, 15) is 22.8 Å². The quantitative estimate of drug-likeness (QED) is 0.283. The van der Waals surface area contributed by atoms with Gasteiger partial charge in [0.1, 0.15) is 11.3 Å². The molecule has 1 N–H and O–H groups in total. The van der Waals surface area contributed by atoms with Crippen LogP contribution >= 0.6 is 35.4 Å². The van der Waals surface area contributed by atoms with E-state index in [0.717, 1.165) is 15.7 Å². The molecule has 0 bridgehead atoms. The van der Waals surface area contributed by atoms with Crippen LogP contribution in [0.3, 0.4) is 0 Å². The molecular weight excluding hydrogens is 492 g/mol. The first-order valence-corrected chi connectivity index (χ1v) is 9.87. The van der Waals surface area contributed by atoms with Gasteiger partial charge >= 0.3 is 6.18 Å². The number of ether oxygens (including phenoxy) is 1. The molecule has 1 aromatic carbocycles. The number of hydrogen-bond donors (Lipinski definition) is 1. The van der Waals surface area contributed by atoms with Gasteiger partial charge < -0.3 is 4.74 Å². The van der Waals surface area contributed by atoms with Gasteiger partial charge in [0, 0.05) is 18.6 Å². The Balaban J connectivity index is 2.17. The van der Waals surface area contributed by atoms with E-state index >= 15 is 0 Å². The number of carbonyl (C=O) groups excluding carboxylic acids is 2. The molecule has 0 saturated carbocycles. The zero-order valence-corrected chi connectivity index (χ0v) is 18.5. The average Bonchev–Trinajstić information content (AvgIpc) is 3.00. The van der Waals surface area contributed by atoms with Crippen molar-refractivity contribution in [2.24, 2.45) is 7.05 Å². The lowest BCUT2D eigenvalue weighted by atomic mass is 10.1. The molecule has 0 spiro atoms. The maximum absolute atomic E-state index is 13.7. The molecule has 1 saturated heterocycles. The first-order chi connectivity index (χ1) is 14.9. The van der Waals surface area contributed by atoms with Crippen LogP contribution in [0.2, 0.25) is 10.0 Å². The SMILES string of the molecule is C=CCN1C(=O)/C(=C/c2c(C(F)(F)F)nn(C)c2Oc2ccc(Cl)cc2Cl)C(=O)NC1=S. The maximum atomic E-state index is 13.7. The fourth-order valence-electron chi connectivity index (χ4n) is 2.78. The van der Waals surface area contributed by atoms with E-state index in [-0.39, 0.29) is 27.5 Å². The molecule has 0 radical (unpaired) electrons. The van der Waals surface area contributed by atoms with Gasteiger partial charge in [0.25, 0.3) is 11.8 Å². The number of carbonyl (C=O) groups is 2. The number of alkyl halides is 3. The van der Waals surface area contributed by atoms with Crippen LogP contribution in [0.4, 0.5) is 13.2 Å². The van der Waals surface area contributed by atoms with E-state index in [1.54, 1.807) is 0 Å². The molecule has 1 aliphatic rings.